The Bertz CT molecular complexity index is 1280. The lowest BCUT2D eigenvalue weighted by atomic mass is 10.1. The first kappa shape index (κ1) is 22.8. The van der Waals surface area contributed by atoms with E-state index < -0.39 is 21.4 Å². The molecule has 0 bridgehead atoms. The zero-order valence-corrected chi connectivity index (χ0v) is 18.1. The second-order valence-electron chi connectivity index (χ2n) is 6.34. The Kier molecular flexibility index (Phi) is 6.80. The lowest BCUT2D eigenvalue weighted by molar-refractivity contribution is -0.385. The normalized spacial score (nSPS) is 11.5. The van der Waals surface area contributed by atoms with Crippen LogP contribution in [0.3, 0.4) is 0 Å². The third-order valence-electron chi connectivity index (χ3n) is 4.52. The quantitative estimate of drug-likeness (QED) is 0.366. The van der Waals surface area contributed by atoms with Gasteiger partial charge in [-0.05, 0) is 6.07 Å². The zero-order valence-electron chi connectivity index (χ0n) is 17.3. The number of hydrogen-bond donors (Lipinski definition) is 0. The van der Waals surface area contributed by atoms with E-state index >= 15 is 0 Å². The number of nitro groups is 2. The van der Waals surface area contributed by atoms with Crippen LogP contribution in [0.25, 0.3) is 10.2 Å². The van der Waals surface area contributed by atoms with Gasteiger partial charge in [0.15, 0.2) is 16.3 Å². The number of carbonyl (C=O) groups is 1. The maximum atomic E-state index is 13.0. The van der Waals surface area contributed by atoms with Gasteiger partial charge in [-0.25, -0.2) is 0 Å². The molecule has 3 rings (SSSR count). The number of carbonyl (C=O) groups excluding carboxylic acids is 1. The molecule has 0 N–H and O–H groups in total. The molecule has 1 amide bonds. The molecular weight excluding hydrogens is 444 g/mol. The Hall–Kier alpha value is -3.84. The van der Waals surface area contributed by atoms with Gasteiger partial charge in [0.1, 0.15) is 5.56 Å². The molecule has 168 valence electrons. The fourth-order valence-electron chi connectivity index (χ4n) is 3.00. The third kappa shape index (κ3) is 4.43. The summed E-state index contributed by atoms with van der Waals surface area (Å²) >= 11 is 1.05. The highest BCUT2D eigenvalue weighted by Crippen LogP contribution is 2.35. The van der Waals surface area contributed by atoms with Crippen LogP contribution in [0.5, 0.6) is 11.5 Å². The smallest absolute Gasteiger partial charge is 0.286 e. The summed E-state index contributed by atoms with van der Waals surface area (Å²) in [6, 6.07) is 6.58. The summed E-state index contributed by atoms with van der Waals surface area (Å²) in [6.07, 6.45) is 0. The van der Waals surface area contributed by atoms with Crippen LogP contribution in [0.2, 0.25) is 0 Å². The number of rotatable bonds is 8. The summed E-state index contributed by atoms with van der Waals surface area (Å²) in [5, 5.41) is 22.6. The molecule has 13 heteroatoms. The fraction of sp³-hybridized carbons (Fsp3) is 0.263. The Morgan fingerprint density at radius 3 is 2.34 bits per heavy atom. The molecule has 0 spiro atoms. The van der Waals surface area contributed by atoms with Crippen molar-refractivity contribution in [2.24, 2.45) is 4.99 Å². The highest BCUT2D eigenvalue weighted by atomic mass is 32.1. The number of aromatic nitrogens is 1. The molecule has 12 nitrogen and oxygen atoms in total. The number of nitrogens with zero attached hydrogens (tertiary/aromatic N) is 4. The van der Waals surface area contributed by atoms with Gasteiger partial charge in [-0.2, -0.15) is 4.99 Å². The van der Waals surface area contributed by atoms with Crippen molar-refractivity contribution in [1.29, 1.82) is 0 Å². The Morgan fingerprint density at radius 2 is 1.75 bits per heavy atom. The average Bonchev–Trinajstić information content (AvgIpc) is 3.12. The zero-order chi connectivity index (χ0) is 23.4. The molecule has 0 atom stereocenters. The van der Waals surface area contributed by atoms with Crippen LogP contribution in [-0.2, 0) is 11.3 Å². The van der Waals surface area contributed by atoms with Crippen LogP contribution in [0.1, 0.15) is 10.4 Å². The second kappa shape index (κ2) is 9.53. The number of ether oxygens (including phenoxy) is 3. The first-order chi connectivity index (χ1) is 15.3. The van der Waals surface area contributed by atoms with E-state index in [1.54, 1.807) is 10.6 Å². The number of nitro benzene ring substituents is 2. The fourth-order valence-corrected chi connectivity index (χ4v) is 4.08. The minimum Gasteiger partial charge on any atom is -0.493 e. The van der Waals surface area contributed by atoms with Crippen molar-refractivity contribution in [2.75, 3.05) is 27.9 Å². The van der Waals surface area contributed by atoms with Crippen LogP contribution in [0.15, 0.2) is 35.3 Å². The lowest BCUT2D eigenvalue weighted by Gasteiger charge is -2.09. The number of amides is 1. The van der Waals surface area contributed by atoms with E-state index in [0.717, 1.165) is 17.4 Å². The molecule has 0 radical (unpaired) electrons. The van der Waals surface area contributed by atoms with Gasteiger partial charge in [0.25, 0.3) is 17.3 Å². The largest absolute Gasteiger partial charge is 0.493 e. The van der Waals surface area contributed by atoms with E-state index in [9.17, 15) is 25.0 Å². The summed E-state index contributed by atoms with van der Waals surface area (Å²) in [6.45, 7) is 0.606. The van der Waals surface area contributed by atoms with Crippen LogP contribution in [0, 0.1) is 20.2 Å². The van der Waals surface area contributed by atoms with E-state index in [1.807, 2.05) is 0 Å². The summed E-state index contributed by atoms with van der Waals surface area (Å²) in [4.78, 5) is 38.7. The van der Waals surface area contributed by atoms with Crippen molar-refractivity contribution in [3.63, 3.8) is 0 Å². The Labute approximate surface area is 184 Å². The van der Waals surface area contributed by atoms with Gasteiger partial charge >= 0.3 is 0 Å². The summed E-state index contributed by atoms with van der Waals surface area (Å²) in [7, 11) is 4.17. The highest BCUT2D eigenvalue weighted by Gasteiger charge is 2.25. The van der Waals surface area contributed by atoms with Crippen molar-refractivity contribution < 1.29 is 28.9 Å². The summed E-state index contributed by atoms with van der Waals surface area (Å²) in [5.74, 6) is -0.638. The topological polar surface area (TPSA) is 148 Å². The molecule has 0 saturated heterocycles. The van der Waals surface area contributed by atoms with Crippen LogP contribution < -0.4 is 14.3 Å². The average molecular weight is 462 g/mol. The molecule has 0 fully saturated rings. The number of hydrogen-bond acceptors (Lipinski definition) is 9. The SMILES string of the molecule is COCCn1c(=NC(=O)c2cc(OC)c(OC)cc2[N+](=O)[O-])sc2cc([N+](=O)[O-])ccc21. The number of thiazole rings is 1. The molecule has 0 unspecified atom stereocenters. The second-order valence-corrected chi connectivity index (χ2v) is 7.35. The van der Waals surface area contributed by atoms with Gasteiger partial charge in [-0.1, -0.05) is 11.3 Å². The highest BCUT2D eigenvalue weighted by molar-refractivity contribution is 7.16. The molecule has 32 heavy (non-hydrogen) atoms. The third-order valence-corrected chi connectivity index (χ3v) is 5.56. The van der Waals surface area contributed by atoms with Crippen molar-refractivity contribution in [1.82, 2.24) is 4.57 Å². The number of fused-ring (bicyclic) bond motifs is 1. The van der Waals surface area contributed by atoms with Crippen molar-refractivity contribution in [2.45, 2.75) is 6.54 Å². The standard InChI is InChI=1S/C19H18N4O8S/c1-29-7-6-21-13-5-4-11(22(25)26)8-17(13)32-19(21)20-18(24)12-9-15(30-2)16(31-3)10-14(12)23(27)28/h4-5,8-10H,6-7H2,1-3H3. The van der Waals surface area contributed by atoms with Gasteiger partial charge in [-0.3, -0.25) is 25.0 Å². The predicted molar refractivity (Wildman–Crippen MR) is 114 cm³/mol. The first-order valence-electron chi connectivity index (χ1n) is 9.06. The van der Waals surface area contributed by atoms with Crippen molar-refractivity contribution in [3.05, 3.63) is 60.9 Å². The van der Waals surface area contributed by atoms with Gasteiger partial charge in [0.05, 0.1) is 47.0 Å². The number of benzene rings is 2. The van der Waals surface area contributed by atoms with Crippen molar-refractivity contribution in [3.8, 4) is 11.5 Å². The molecular formula is C19H18N4O8S. The van der Waals surface area contributed by atoms with E-state index in [4.69, 9.17) is 14.2 Å². The van der Waals surface area contributed by atoms with Crippen LogP contribution in [0.4, 0.5) is 11.4 Å². The van der Waals surface area contributed by atoms with E-state index in [1.165, 1.54) is 39.5 Å². The molecule has 3 aromatic rings. The molecule has 0 aliphatic carbocycles. The minimum atomic E-state index is -0.870. The predicted octanol–water partition coefficient (Wildman–Crippen LogP) is 2.92. The monoisotopic (exact) mass is 462 g/mol. The molecule has 0 saturated carbocycles. The number of methoxy groups -OCH3 is 3. The van der Waals surface area contributed by atoms with Gasteiger partial charge < -0.3 is 18.8 Å². The van der Waals surface area contributed by atoms with E-state index in [0.29, 0.717) is 23.4 Å². The molecule has 0 aliphatic rings. The first-order valence-corrected chi connectivity index (χ1v) is 9.88. The van der Waals surface area contributed by atoms with Gasteiger partial charge in [0.2, 0.25) is 0 Å². The van der Waals surface area contributed by atoms with Gasteiger partial charge in [-0.15, -0.1) is 0 Å². The molecule has 1 heterocycles. The summed E-state index contributed by atoms with van der Waals surface area (Å²) < 4.78 is 17.5. The van der Waals surface area contributed by atoms with Crippen LogP contribution in [-0.4, -0.2) is 48.3 Å². The lowest BCUT2D eigenvalue weighted by Crippen LogP contribution is -2.19. The Balaban J connectivity index is 2.20. The number of non-ortho nitro benzene ring substituents is 1. The van der Waals surface area contributed by atoms with E-state index in [-0.39, 0.29) is 27.6 Å². The molecule has 0 aliphatic heterocycles. The maximum Gasteiger partial charge on any atom is 0.286 e. The minimum absolute atomic E-state index is 0.0973. The van der Waals surface area contributed by atoms with Gasteiger partial charge in [0, 0.05) is 31.9 Å². The Morgan fingerprint density at radius 1 is 1.06 bits per heavy atom. The van der Waals surface area contributed by atoms with E-state index in [2.05, 4.69) is 4.99 Å². The van der Waals surface area contributed by atoms with Crippen molar-refractivity contribution >= 4 is 38.8 Å². The molecule has 2 aromatic carbocycles. The molecule has 1 aromatic heterocycles. The summed E-state index contributed by atoms with van der Waals surface area (Å²) in [5.41, 5.74) is -0.261. The maximum absolute atomic E-state index is 13.0. The van der Waals surface area contributed by atoms with Crippen LogP contribution >= 0.6 is 11.3 Å².